The van der Waals surface area contributed by atoms with Crippen molar-refractivity contribution in [3.05, 3.63) is 32.7 Å². The molecule has 0 aliphatic rings. The van der Waals surface area contributed by atoms with Gasteiger partial charge in [0.25, 0.3) is 5.91 Å². The van der Waals surface area contributed by atoms with E-state index >= 15 is 0 Å². The molecule has 0 aliphatic carbocycles. The molecule has 0 radical (unpaired) electrons. The van der Waals surface area contributed by atoms with E-state index in [0.29, 0.717) is 10.0 Å². The topological polar surface area (TPSA) is 44.1 Å². The fourth-order valence-corrected chi connectivity index (χ4v) is 2.44. The maximum Gasteiger partial charge on any atom is 0.256 e. The molecule has 0 spiro atoms. The first kappa shape index (κ1) is 13.8. The lowest BCUT2D eigenvalue weighted by Crippen LogP contribution is -2.32. The SMILES string of the molecule is C#CCN(CC#N)C(=O)c1ccc(Br)cc1Br. The molecule has 3 nitrogen and oxygen atoms in total. The summed E-state index contributed by atoms with van der Waals surface area (Å²) in [5.41, 5.74) is 0.485. The Labute approximate surface area is 117 Å². The Morgan fingerprint density at radius 1 is 1.41 bits per heavy atom. The molecule has 1 aromatic carbocycles. The molecule has 0 unspecified atom stereocenters. The van der Waals surface area contributed by atoms with Crippen molar-refractivity contribution in [3.8, 4) is 18.4 Å². The first-order chi connectivity index (χ1) is 8.10. The monoisotopic (exact) mass is 354 g/mol. The molecule has 0 aromatic heterocycles. The number of hydrogen-bond acceptors (Lipinski definition) is 2. The van der Waals surface area contributed by atoms with Gasteiger partial charge in [-0.3, -0.25) is 4.79 Å². The predicted molar refractivity (Wildman–Crippen MR) is 72.2 cm³/mol. The smallest absolute Gasteiger partial charge is 0.256 e. The van der Waals surface area contributed by atoms with Crippen LogP contribution in [0.2, 0.25) is 0 Å². The summed E-state index contributed by atoms with van der Waals surface area (Å²) in [6.45, 7) is 0.0977. The van der Waals surface area contributed by atoms with Crippen LogP contribution in [-0.2, 0) is 0 Å². The van der Waals surface area contributed by atoms with Crippen LogP contribution in [0.3, 0.4) is 0 Å². The summed E-state index contributed by atoms with van der Waals surface area (Å²) in [5, 5.41) is 8.64. The average molecular weight is 356 g/mol. The summed E-state index contributed by atoms with van der Waals surface area (Å²) in [6.07, 6.45) is 5.17. The maximum absolute atomic E-state index is 12.1. The van der Waals surface area contributed by atoms with Crippen LogP contribution in [0.4, 0.5) is 0 Å². The molecular formula is C12H8Br2N2O. The highest BCUT2D eigenvalue weighted by Gasteiger charge is 2.17. The molecule has 0 N–H and O–H groups in total. The Morgan fingerprint density at radius 2 is 2.12 bits per heavy atom. The third-order valence-corrected chi connectivity index (χ3v) is 3.14. The fraction of sp³-hybridized carbons (Fsp3) is 0.167. The molecule has 86 valence electrons. The quantitative estimate of drug-likeness (QED) is 0.618. The number of halogens is 2. The molecule has 1 amide bonds. The van der Waals surface area contributed by atoms with Crippen molar-refractivity contribution in [1.29, 1.82) is 5.26 Å². The normalized spacial score (nSPS) is 9.18. The van der Waals surface area contributed by atoms with E-state index in [2.05, 4.69) is 37.8 Å². The lowest BCUT2D eigenvalue weighted by atomic mass is 10.2. The average Bonchev–Trinajstić information content (AvgIpc) is 2.28. The molecule has 1 aromatic rings. The minimum absolute atomic E-state index is 0.0223. The lowest BCUT2D eigenvalue weighted by molar-refractivity contribution is 0.0794. The summed E-state index contributed by atoms with van der Waals surface area (Å²) in [4.78, 5) is 13.4. The zero-order chi connectivity index (χ0) is 12.8. The van der Waals surface area contributed by atoms with Crippen molar-refractivity contribution in [2.75, 3.05) is 13.1 Å². The summed E-state index contributed by atoms with van der Waals surface area (Å²) in [7, 11) is 0. The highest BCUT2D eigenvalue weighted by atomic mass is 79.9. The number of terminal acetylenes is 1. The number of rotatable bonds is 3. The van der Waals surface area contributed by atoms with Gasteiger partial charge in [0, 0.05) is 8.95 Å². The van der Waals surface area contributed by atoms with Crippen LogP contribution in [0.1, 0.15) is 10.4 Å². The summed E-state index contributed by atoms with van der Waals surface area (Å²) in [6, 6.07) is 7.13. The number of benzene rings is 1. The maximum atomic E-state index is 12.1. The Balaban J connectivity index is 3.02. The zero-order valence-electron chi connectivity index (χ0n) is 8.78. The fourth-order valence-electron chi connectivity index (χ4n) is 1.23. The minimum Gasteiger partial charge on any atom is -0.314 e. The molecule has 0 saturated carbocycles. The number of nitriles is 1. The molecule has 0 fully saturated rings. The minimum atomic E-state index is -0.260. The van der Waals surface area contributed by atoms with Crippen molar-refractivity contribution >= 4 is 37.8 Å². The molecule has 0 saturated heterocycles. The number of carbonyl (C=O) groups excluding carboxylic acids is 1. The number of carbonyl (C=O) groups is 1. The van der Waals surface area contributed by atoms with Crippen molar-refractivity contribution in [1.82, 2.24) is 4.90 Å². The van der Waals surface area contributed by atoms with Gasteiger partial charge in [-0.2, -0.15) is 5.26 Å². The molecule has 0 heterocycles. The van der Waals surface area contributed by atoms with Gasteiger partial charge in [-0.15, -0.1) is 6.42 Å². The van der Waals surface area contributed by atoms with E-state index in [1.807, 2.05) is 6.07 Å². The van der Waals surface area contributed by atoms with E-state index in [9.17, 15) is 4.79 Å². The van der Waals surface area contributed by atoms with Crippen LogP contribution in [-0.4, -0.2) is 23.9 Å². The number of hydrogen-bond donors (Lipinski definition) is 0. The van der Waals surface area contributed by atoms with Crippen molar-refractivity contribution in [2.45, 2.75) is 0 Å². The van der Waals surface area contributed by atoms with E-state index in [-0.39, 0.29) is 19.0 Å². The van der Waals surface area contributed by atoms with Crippen LogP contribution in [0, 0.1) is 23.7 Å². The van der Waals surface area contributed by atoms with Crippen LogP contribution in [0.15, 0.2) is 27.1 Å². The Kier molecular flexibility index (Phi) is 5.21. The summed E-state index contributed by atoms with van der Waals surface area (Å²) in [5.74, 6) is 2.10. The second-order valence-electron chi connectivity index (χ2n) is 3.15. The van der Waals surface area contributed by atoms with Gasteiger partial charge < -0.3 is 4.90 Å². The van der Waals surface area contributed by atoms with Crippen LogP contribution < -0.4 is 0 Å². The van der Waals surface area contributed by atoms with Crippen LogP contribution >= 0.6 is 31.9 Å². The number of amides is 1. The number of nitrogens with zero attached hydrogens (tertiary/aromatic N) is 2. The van der Waals surface area contributed by atoms with Crippen molar-refractivity contribution in [2.24, 2.45) is 0 Å². The second kappa shape index (κ2) is 6.44. The van der Waals surface area contributed by atoms with E-state index in [4.69, 9.17) is 11.7 Å². The van der Waals surface area contributed by atoms with Gasteiger partial charge in [-0.1, -0.05) is 21.9 Å². The third kappa shape index (κ3) is 3.59. The predicted octanol–water partition coefficient (Wildman–Crippen LogP) is 2.81. The molecule has 0 aliphatic heterocycles. The largest absolute Gasteiger partial charge is 0.314 e. The molecular weight excluding hydrogens is 348 g/mol. The standard InChI is InChI=1S/C12H8Br2N2O/c1-2-6-16(7-5-15)12(17)10-4-3-9(13)8-11(10)14/h1,3-4,8H,6-7H2. The van der Waals surface area contributed by atoms with Gasteiger partial charge in [0.1, 0.15) is 6.54 Å². The van der Waals surface area contributed by atoms with Crippen molar-refractivity contribution < 1.29 is 4.79 Å². The van der Waals surface area contributed by atoms with E-state index in [0.717, 1.165) is 4.47 Å². The first-order valence-electron chi connectivity index (χ1n) is 4.65. The summed E-state index contributed by atoms with van der Waals surface area (Å²) < 4.78 is 1.53. The van der Waals surface area contributed by atoms with E-state index in [1.165, 1.54) is 4.90 Å². The highest BCUT2D eigenvalue weighted by molar-refractivity contribution is 9.11. The van der Waals surface area contributed by atoms with Crippen LogP contribution in [0.25, 0.3) is 0 Å². The molecule has 5 heteroatoms. The zero-order valence-corrected chi connectivity index (χ0v) is 12.0. The molecule has 1 rings (SSSR count). The Hall–Kier alpha value is -1.30. The highest BCUT2D eigenvalue weighted by Crippen LogP contribution is 2.23. The van der Waals surface area contributed by atoms with Crippen LogP contribution in [0.5, 0.6) is 0 Å². The third-order valence-electron chi connectivity index (χ3n) is 1.99. The van der Waals surface area contributed by atoms with E-state index in [1.54, 1.807) is 18.2 Å². The van der Waals surface area contributed by atoms with Crippen molar-refractivity contribution in [3.63, 3.8) is 0 Å². The van der Waals surface area contributed by atoms with Gasteiger partial charge in [0.15, 0.2) is 0 Å². The van der Waals surface area contributed by atoms with Gasteiger partial charge in [0.05, 0.1) is 18.2 Å². The van der Waals surface area contributed by atoms with Gasteiger partial charge in [-0.05, 0) is 34.1 Å². The first-order valence-corrected chi connectivity index (χ1v) is 6.23. The van der Waals surface area contributed by atoms with Gasteiger partial charge in [0.2, 0.25) is 0 Å². The molecule has 17 heavy (non-hydrogen) atoms. The lowest BCUT2D eigenvalue weighted by Gasteiger charge is -2.17. The summed E-state index contributed by atoms with van der Waals surface area (Å²) >= 11 is 6.61. The Morgan fingerprint density at radius 3 is 2.65 bits per heavy atom. The second-order valence-corrected chi connectivity index (χ2v) is 4.92. The van der Waals surface area contributed by atoms with Gasteiger partial charge in [-0.25, -0.2) is 0 Å². The Bertz CT molecular complexity index is 498. The molecule has 0 bridgehead atoms. The van der Waals surface area contributed by atoms with E-state index < -0.39 is 0 Å². The molecule has 0 atom stereocenters. The van der Waals surface area contributed by atoms with Gasteiger partial charge >= 0.3 is 0 Å².